The van der Waals surface area contributed by atoms with Gasteiger partial charge >= 0.3 is 5.97 Å². The molecule has 1 aliphatic heterocycles. The third kappa shape index (κ3) is 5.27. The van der Waals surface area contributed by atoms with E-state index in [0.29, 0.717) is 5.76 Å². The topological polar surface area (TPSA) is 54.0 Å². The smallest absolute Gasteiger partial charge is 0.377 e. The summed E-state index contributed by atoms with van der Waals surface area (Å²) in [6, 6.07) is 0. The fourth-order valence-electron chi connectivity index (χ4n) is 2.67. The summed E-state index contributed by atoms with van der Waals surface area (Å²) in [4.78, 5) is 12.1. The molecular formula is C18H30O5. The SMILES string of the molecule is CCCC(C1C=CC(OC(C)OC)=C(C(=O)OC)O1)C(C)(C)C. The highest BCUT2D eigenvalue weighted by molar-refractivity contribution is 5.87. The monoisotopic (exact) mass is 326 g/mol. The molecule has 0 aromatic heterocycles. The molecule has 0 saturated carbocycles. The van der Waals surface area contributed by atoms with Crippen molar-refractivity contribution in [1.82, 2.24) is 0 Å². The number of carbonyl (C=O) groups is 1. The predicted octanol–water partition coefficient (Wildman–Crippen LogP) is 3.80. The van der Waals surface area contributed by atoms with Crippen molar-refractivity contribution < 1.29 is 23.7 Å². The van der Waals surface area contributed by atoms with Crippen LogP contribution in [0.15, 0.2) is 23.7 Å². The lowest BCUT2D eigenvalue weighted by atomic mass is 9.74. The van der Waals surface area contributed by atoms with Gasteiger partial charge in [0.05, 0.1) is 7.11 Å². The third-order valence-corrected chi connectivity index (χ3v) is 4.02. The van der Waals surface area contributed by atoms with Crippen LogP contribution >= 0.6 is 0 Å². The van der Waals surface area contributed by atoms with E-state index in [1.165, 1.54) is 14.2 Å². The predicted molar refractivity (Wildman–Crippen MR) is 88.5 cm³/mol. The number of ether oxygens (including phenoxy) is 4. The van der Waals surface area contributed by atoms with Crippen LogP contribution in [0.1, 0.15) is 47.5 Å². The number of allylic oxidation sites excluding steroid dienone is 1. The maximum absolute atomic E-state index is 12.1. The molecule has 0 fully saturated rings. The Morgan fingerprint density at radius 1 is 1.35 bits per heavy atom. The highest BCUT2D eigenvalue weighted by atomic mass is 16.7. The zero-order valence-corrected chi connectivity index (χ0v) is 15.3. The normalized spacial score (nSPS) is 20.7. The molecule has 0 saturated heterocycles. The van der Waals surface area contributed by atoms with Crippen molar-refractivity contribution >= 4 is 5.97 Å². The van der Waals surface area contributed by atoms with Gasteiger partial charge in [-0.1, -0.05) is 34.1 Å². The molecule has 3 unspecified atom stereocenters. The number of methoxy groups -OCH3 is 2. The molecule has 5 heteroatoms. The van der Waals surface area contributed by atoms with Crippen molar-refractivity contribution in [2.75, 3.05) is 14.2 Å². The maximum Gasteiger partial charge on any atom is 0.377 e. The van der Waals surface area contributed by atoms with Crippen LogP contribution in [-0.4, -0.2) is 32.6 Å². The largest absolute Gasteiger partial charge is 0.476 e. The summed E-state index contributed by atoms with van der Waals surface area (Å²) < 4.78 is 21.5. The molecule has 0 radical (unpaired) electrons. The molecule has 0 spiro atoms. The van der Waals surface area contributed by atoms with E-state index >= 15 is 0 Å². The first-order valence-corrected chi connectivity index (χ1v) is 8.11. The molecule has 0 bridgehead atoms. The van der Waals surface area contributed by atoms with Crippen molar-refractivity contribution in [3.8, 4) is 0 Å². The van der Waals surface area contributed by atoms with Gasteiger partial charge in [0.15, 0.2) is 12.0 Å². The Hall–Kier alpha value is -1.49. The van der Waals surface area contributed by atoms with Gasteiger partial charge in [0, 0.05) is 13.0 Å². The van der Waals surface area contributed by atoms with E-state index in [0.717, 1.165) is 12.8 Å². The van der Waals surface area contributed by atoms with Crippen molar-refractivity contribution in [2.45, 2.75) is 59.9 Å². The van der Waals surface area contributed by atoms with E-state index in [4.69, 9.17) is 18.9 Å². The number of carbonyl (C=O) groups excluding carboxylic acids is 1. The van der Waals surface area contributed by atoms with Gasteiger partial charge in [-0.2, -0.15) is 0 Å². The Balaban J connectivity index is 3.05. The third-order valence-electron chi connectivity index (χ3n) is 4.02. The van der Waals surface area contributed by atoms with Gasteiger partial charge in [-0.25, -0.2) is 4.79 Å². The van der Waals surface area contributed by atoms with Gasteiger partial charge < -0.3 is 18.9 Å². The number of hydrogen-bond acceptors (Lipinski definition) is 5. The van der Waals surface area contributed by atoms with Crippen molar-refractivity contribution in [2.24, 2.45) is 11.3 Å². The molecule has 0 aromatic carbocycles. The zero-order valence-electron chi connectivity index (χ0n) is 15.3. The van der Waals surface area contributed by atoms with Gasteiger partial charge in [-0.15, -0.1) is 0 Å². The molecular weight excluding hydrogens is 296 g/mol. The summed E-state index contributed by atoms with van der Waals surface area (Å²) in [6.07, 6.45) is 5.13. The second-order valence-electron chi connectivity index (χ2n) is 6.81. The second-order valence-corrected chi connectivity index (χ2v) is 6.81. The summed E-state index contributed by atoms with van der Waals surface area (Å²) >= 11 is 0. The van der Waals surface area contributed by atoms with Crippen LogP contribution in [0.4, 0.5) is 0 Å². The lowest BCUT2D eigenvalue weighted by Gasteiger charge is -2.37. The molecule has 1 aliphatic rings. The minimum atomic E-state index is -0.540. The summed E-state index contributed by atoms with van der Waals surface area (Å²) in [5, 5.41) is 0. The molecule has 0 N–H and O–H groups in total. The lowest BCUT2D eigenvalue weighted by Crippen LogP contribution is -2.35. The summed E-state index contributed by atoms with van der Waals surface area (Å²) in [7, 11) is 2.87. The number of rotatable bonds is 7. The Morgan fingerprint density at radius 3 is 2.48 bits per heavy atom. The van der Waals surface area contributed by atoms with Crippen molar-refractivity contribution in [3.63, 3.8) is 0 Å². The summed E-state index contributed by atoms with van der Waals surface area (Å²) in [5.74, 6) is 0.187. The first kappa shape index (κ1) is 19.6. The summed E-state index contributed by atoms with van der Waals surface area (Å²) in [6.45, 7) is 10.5. The van der Waals surface area contributed by atoms with E-state index in [1.807, 2.05) is 6.08 Å². The van der Waals surface area contributed by atoms with E-state index < -0.39 is 12.3 Å². The van der Waals surface area contributed by atoms with Gasteiger partial charge in [0.2, 0.25) is 5.76 Å². The van der Waals surface area contributed by atoms with Gasteiger partial charge in [-0.3, -0.25) is 0 Å². The van der Waals surface area contributed by atoms with Crippen LogP contribution in [-0.2, 0) is 23.7 Å². The zero-order chi connectivity index (χ0) is 17.6. The Kier molecular flexibility index (Phi) is 7.13. The first-order valence-electron chi connectivity index (χ1n) is 8.11. The van der Waals surface area contributed by atoms with Crippen LogP contribution in [0.25, 0.3) is 0 Å². The van der Waals surface area contributed by atoms with E-state index in [2.05, 4.69) is 27.7 Å². The standard InChI is InChI=1S/C18H30O5/c1-8-9-13(18(3,4)5)14-10-11-15(22-12(2)20-6)16(23-14)17(19)21-7/h10-14H,8-9H2,1-7H3. The Morgan fingerprint density at radius 2 is 2.00 bits per heavy atom. The quantitative estimate of drug-likeness (QED) is 0.526. The lowest BCUT2D eigenvalue weighted by molar-refractivity contribution is -0.144. The average Bonchev–Trinajstić information content (AvgIpc) is 2.51. The number of esters is 1. The fraction of sp³-hybridized carbons (Fsp3) is 0.722. The van der Waals surface area contributed by atoms with Crippen LogP contribution in [0.3, 0.4) is 0 Å². The molecule has 1 heterocycles. The molecule has 0 amide bonds. The highest BCUT2D eigenvalue weighted by Gasteiger charge is 2.36. The first-order chi connectivity index (χ1) is 10.7. The minimum absolute atomic E-state index is 0.0599. The van der Waals surface area contributed by atoms with Gasteiger partial charge in [0.25, 0.3) is 0 Å². The Bertz CT molecular complexity index is 459. The maximum atomic E-state index is 12.1. The van der Waals surface area contributed by atoms with E-state index in [1.54, 1.807) is 13.0 Å². The fourth-order valence-corrected chi connectivity index (χ4v) is 2.67. The molecule has 0 aromatic rings. The van der Waals surface area contributed by atoms with E-state index in [9.17, 15) is 4.79 Å². The second kappa shape index (κ2) is 8.39. The molecule has 1 rings (SSSR count). The highest BCUT2D eigenvalue weighted by Crippen LogP contribution is 2.37. The van der Waals surface area contributed by atoms with E-state index in [-0.39, 0.29) is 23.2 Å². The molecule has 3 atom stereocenters. The van der Waals surface area contributed by atoms with Crippen LogP contribution < -0.4 is 0 Å². The molecule has 5 nitrogen and oxygen atoms in total. The van der Waals surface area contributed by atoms with Crippen LogP contribution in [0.2, 0.25) is 0 Å². The van der Waals surface area contributed by atoms with Crippen LogP contribution in [0, 0.1) is 11.3 Å². The van der Waals surface area contributed by atoms with Crippen molar-refractivity contribution in [3.05, 3.63) is 23.7 Å². The molecule has 23 heavy (non-hydrogen) atoms. The Labute approximate surface area is 139 Å². The molecule has 132 valence electrons. The molecule has 0 aliphatic carbocycles. The van der Waals surface area contributed by atoms with Crippen LogP contribution in [0.5, 0.6) is 0 Å². The minimum Gasteiger partial charge on any atom is -0.476 e. The van der Waals surface area contributed by atoms with Gasteiger partial charge in [0.1, 0.15) is 6.10 Å². The summed E-state index contributed by atoms with van der Waals surface area (Å²) in [5.41, 5.74) is 0.0599. The average molecular weight is 326 g/mol. The van der Waals surface area contributed by atoms with Crippen molar-refractivity contribution in [1.29, 1.82) is 0 Å². The number of hydrogen-bond donors (Lipinski definition) is 0. The van der Waals surface area contributed by atoms with Gasteiger partial charge in [-0.05, 0) is 30.9 Å².